The van der Waals surface area contributed by atoms with Gasteiger partial charge in [-0.05, 0) is 18.6 Å². The summed E-state index contributed by atoms with van der Waals surface area (Å²) in [5, 5.41) is 4.18. The number of imidazole rings is 1. The van der Waals surface area contributed by atoms with Crippen LogP contribution in [0.15, 0.2) is 24.5 Å². The molecule has 2 saturated heterocycles. The van der Waals surface area contributed by atoms with E-state index in [2.05, 4.69) is 21.3 Å². The number of piperazine rings is 1. The number of pyridine rings is 1. The van der Waals surface area contributed by atoms with E-state index in [0.717, 1.165) is 42.5 Å². The lowest BCUT2D eigenvalue weighted by atomic mass is 10.2. The van der Waals surface area contributed by atoms with Gasteiger partial charge in [0, 0.05) is 64.2 Å². The third-order valence-electron chi connectivity index (χ3n) is 4.77. The molecule has 1 unspecified atom stereocenters. The minimum Gasteiger partial charge on any atom is -0.314 e. The molecule has 0 saturated carbocycles. The molecule has 1 atom stereocenters. The molecule has 2 aromatic rings. The maximum Gasteiger partial charge on any atom is 0.137 e. The van der Waals surface area contributed by atoms with Gasteiger partial charge in [0.2, 0.25) is 0 Å². The van der Waals surface area contributed by atoms with Gasteiger partial charge in [-0.15, -0.1) is 0 Å². The van der Waals surface area contributed by atoms with Crippen LogP contribution in [0.3, 0.4) is 0 Å². The highest BCUT2D eigenvalue weighted by Crippen LogP contribution is 2.19. The maximum atomic E-state index is 6.03. The van der Waals surface area contributed by atoms with Crippen LogP contribution in [0.5, 0.6) is 0 Å². The van der Waals surface area contributed by atoms with Gasteiger partial charge in [-0.2, -0.15) is 0 Å². The molecule has 4 rings (SSSR count). The van der Waals surface area contributed by atoms with Crippen LogP contribution in [0, 0.1) is 0 Å². The van der Waals surface area contributed by atoms with Crippen LogP contribution in [0.4, 0.5) is 0 Å². The molecule has 0 radical (unpaired) electrons. The lowest BCUT2D eigenvalue weighted by Crippen LogP contribution is -2.49. The second-order valence-corrected chi connectivity index (χ2v) is 6.75. The van der Waals surface area contributed by atoms with Crippen molar-refractivity contribution in [2.24, 2.45) is 0 Å². The first-order valence-corrected chi connectivity index (χ1v) is 8.46. The van der Waals surface area contributed by atoms with Crippen LogP contribution in [0.25, 0.3) is 5.65 Å². The Kier molecular flexibility index (Phi) is 4.05. The summed E-state index contributed by atoms with van der Waals surface area (Å²) in [6.07, 6.45) is 5.29. The van der Waals surface area contributed by atoms with Gasteiger partial charge < -0.3 is 9.72 Å². The van der Waals surface area contributed by atoms with Gasteiger partial charge >= 0.3 is 0 Å². The predicted molar refractivity (Wildman–Crippen MR) is 88.3 cm³/mol. The van der Waals surface area contributed by atoms with E-state index in [-0.39, 0.29) is 0 Å². The van der Waals surface area contributed by atoms with E-state index in [1.807, 2.05) is 22.7 Å². The number of hydrogen-bond donors (Lipinski definition) is 1. The molecule has 2 aliphatic heterocycles. The molecular formula is C16H22ClN5. The van der Waals surface area contributed by atoms with Crippen molar-refractivity contribution in [3.8, 4) is 0 Å². The Morgan fingerprint density at radius 2 is 2.05 bits per heavy atom. The Morgan fingerprint density at radius 1 is 1.18 bits per heavy atom. The number of rotatable bonds is 3. The van der Waals surface area contributed by atoms with E-state index >= 15 is 0 Å². The van der Waals surface area contributed by atoms with E-state index in [4.69, 9.17) is 16.6 Å². The minimum absolute atomic E-state index is 0.716. The first-order valence-electron chi connectivity index (χ1n) is 8.08. The van der Waals surface area contributed by atoms with Crippen LogP contribution in [-0.2, 0) is 6.54 Å². The smallest absolute Gasteiger partial charge is 0.137 e. The molecular weight excluding hydrogens is 298 g/mol. The topological polar surface area (TPSA) is 35.8 Å². The third kappa shape index (κ3) is 2.99. The molecule has 118 valence electrons. The van der Waals surface area contributed by atoms with Gasteiger partial charge in [-0.25, -0.2) is 4.98 Å². The Balaban J connectivity index is 1.40. The molecule has 22 heavy (non-hydrogen) atoms. The average molecular weight is 320 g/mol. The summed E-state index contributed by atoms with van der Waals surface area (Å²) in [6, 6.07) is 4.58. The van der Waals surface area contributed by atoms with Crippen LogP contribution in [0.2, 0.25) is 5.02 Å². The molecule has 4 heterocycles. The van der Waals surface area contributed by atoms with Crippen molar-refractivity contribution in [2.45, 2.75) is 19.0 Å². The second kappa shape index (κ2) is 6.16. The molecule has 1 N–H and O–H groups in total. The highest BCUT2D eigenvalue weighted by atomic mass is 35.5. The fraction of sp³-hybridized carbons (Fsp3) is 0.562. The van der Waals surface area contributed by atoms with Crippen molar-refractivity contribution in [1.82, 2.24) is 24.5 Å². The van der Waals surface area contributed by atoms with E-state index in [0.29, 0.717) is 6.04 Å². The minimum atomic E-state index is 0.716. The lowest BCUT2D eigenvalue weighted by molar-refractivity contribution is 0.170. The van der Waals surface area contributed by atoms with E-state index in [1.54, 1.807) is 0 Å². The number of aromatic nitrogens is 2. The maximum absolute atomic E-state index is 6.03. The molecule has 6 heteroatoms. The fourth-order valence-electron chi connectivity index (χ4n) is 3.62. The highest BCUT2D eigenvalue weighted by molar-refractivity contribution is 6.30. The number of fused-ring (bicyclic) bond motifs is 1. The van der Waals surface area contributed by atoms with Gasteiger partial charge in [-0.1, -0.05) is 11.6 Å². The zero-order valence-corrected chi connectivity index (χ0v) is 13.5. The van der Waals surface area contributed by atoms with Gasteiger partial charge in [0.15, 0.2) is 0 Å². The Bertz CT molecular complexity index is 649. The van der Waals surface area contributed by atoms with Crippen LogP contribution in [0.1, 0.15) is 12.1 Å². The Labute approximate surface area is 135 Å². The summed E-state index contributed by atoms with van der Waals surface area (Å²) in [7, 11) is 0. The van der Waals surface area contributed by atoms with Crippen molar-refractivity contribution < 1.29 is 0 Å². The lowest BCUT2D eigenvalue weighted by Gasteiger charge is -2.32. The zero-order chi connectivity index (χ0) is 14.9. The largest absolute Gasteiger partial charge is 0.314 e. The Hall–Kier alpha value is -1.14. The zero-order valence-electron chi connectivity index (χ0n) is 12.7. The number of nitrogens with one attached hydrogen (secondary N) is 1. The first-order chi connectivity index (χ1) is 10.8. The number of hydrogen-bond acceptors (Lipinski definition) is 4. The summed E-state index contributed by atoms with van der Waals surface area (Å²) < 4.78 is 2.02. The van der Waals surface area contributed by atoms with Crippen molar-refractivity contribution in [1.29, 1.82) is 0 Å². The average Bonchev–Trinajstić information content (AvgIpc) is 3.14. The van der Waals surface area contributed by atoms with Crippen molar-refractivity contribution in [3.05, 3.63) is 35.2 Å². The fourth-order valence-corrected chi connectivity index (χ4v) is 3.79. The molecule has 0 spiro atoms. The summed E-state index contributed by atoms with van der Waals surface area (Å²) >= 11 is 6.03. The second-order valence-electron chi connectivity index (χ2n) is 6.31. The van der Waals surface area contributed by atoms with Gasteiger partial charge in [-0.3, -0.25) is 9.80 Å². The van der Waals surface area contributed by atoms with Crippen LogP contribution < -0.4 is 5.32 Å². The summed E-state index contributed by atoms with van der Waals surface area (Å²) in [6.45, 7) is 7.89. The standard InChI is InChI=1S/C16H22ClN5/c17-13-1-2-16-19-14(11-22(16)9-13)10-20-6-3-15(12-20)21-7-4-18-5-8-21/h1-2,9,11,15,18H,3-8,10,12H2. The van der Waals surface area contributed by atoms with Crippen LogP contribution >= 0.6 is 11.6 Å². The number of likely N-dealkylation sites (tertiary alicyclic amines) is 1. The molecule has 0 bridgehead atoms. The van der Waals surface area contributed by atoms with Crippen LogP contribution in [-0.4, -0.2) is 64.5 Å². The van der Waals surface area contributed by atoms with Gasteiger partial charge in [0.25, 0.3) is 0 Å². The van der Waals surface area contributed by atoms with Crippen molar-refractivity contribution in [2.75, 3.05) is 39.3 Å². The first kappa shape index (κ1) is 14.5. The quantitative estimate of drug-likeness (QED) is 0.929. The summed E-state index contributed by atoms with van der Waals surface area (Å²) in [4.78, 5) is 9.86. The monoisotopic (exact) mass is 319 g/mol. The molecule has 5 nitrogen and oxygen atoms in total. The molecule has 0 amide bonds. The Morgan fingerprint density at radius 3 is 2.91 bits per heavy atom. The normalized spacial score (nSPS) is 24.3. The van der Waals surface area contributed by atoms with E-state index < -0.39 is 0 Å². The van der Waals surface area contributed by atoms with E-state index in [1.165, 1.54) is 26.1 Å². The SMILES string of the molecule is Clc1ccc2nc(CN3CCC(N4CCNCC4)C3)cn2c1. The summed E-state index contributed by atoms with van der Waals surface area (Å²) in [5.41, 5.74) is 2.10. The molecule has 0 aliphatic carbocycles. The van der Waals surface area contributed by atoms with E-state index in [9.17, 15) is 0 Å². The van der Waals surface area contributed by atoms with Gasteiger partial charge in [0.1, 0.15) is 5.65 Å². The van der Waals surface area contributed by atoms with Crippen molar-refractivity contribution >= 4 is 17.2 Å². The highest BCUT2D eigenvalue weighted by Gasteiger charge is 2.28. The molecule has 2 aliphatic rings. The molecule has 2 aromatic heterocycles. The number of nitrogens with zero attached hydrogens (tertiary/aromatic N) is 4. The molecule has 2 fully saturated rings. The van der Waals surface area contributed by atoms with Gasteiger partial charge in [0.05, 0.1) is 10.7 Å². The number of halogens is 1. The third-order valence-corrected chi connectivity index (χ3v) is 4.99. The molecule has 0 aromatic carbocycles. The van der Waals surface area contributed by atoms with Crippen molar-refractivity contribution in [3.63, 3.8) is 0 Å². The predicted octanol–water partition coefficient (Wildman–Crippen LogP) is 1.47. The summed E-state index contributed by atoms with van der Waals surface area (Å²) in [5.74, 6) is 0.